The van der Waals surface area contributed by atoms with Crippen LogP contribution in [-0.4, -0.2) is 0 Å². The molecule has 1 rings (SSSR count). The van der Waals surface area contributed by atoms with E-state index in [0.717, 1.165) is 11.8 Å². The van der Waals surface area contributed by atoms with E-state index < -0.39 is 0 Å². The van der Waals surface area contributed by atoms with Crippen molar-refractivity contribution in [3.05, 3.63) is 23.3 Å². The van der Waals surface area contributed by atoms with Crippen molar-refractivity contribution in [1.29, 1.82) is 0 Å². The van der Waals surface area contributed by atoms with Gasteiger partial charge in [-0.25, -0.2) is 0 Å². The minimum absolute atomic E-state index is 0.763. The van der Waals surface area contributed by atoms with Gasteiger partial charge in [-0.05, 0) is 57.8 Å². The molecule has 0 fully saturated rings. The maximum absolute atomic E-state index is 4.18. The lowest BCUT2D eigenvalue weighted by Crippen LogP contribution is -2.10. The molecule has 0 saturated carbocycles. The molecule has 0 saturated heterocycles. The predicted octanol–water partition coefficient (Wildman–Crippen LogP) is 8.63. The van der Waals surface area contributed by atoms with Crippen LogP contribution in [0.25, 0.3) is 0 Å². The highest BCUT2D eigenvalue weighted by atomic mass is 14.2. The Hall–Kier alpha value is -0.520. The zero-order chi connectivity index (χ0) is 17.8. The summed E-state index contributed by atoms with van der Waals surface area (Å²) in [6.07, 6.45) is 19.7. The van der Waals surface area contributed by atoms with Crippen LogP contribution in [0.3, 0.4) is 0 Å². The average Bonchev–Trinajstić information content (AvgIpc) is 2.53. The van der Waals surface area contributed by atoms with Crippen molar-refractivity contribution < 1.29 is 0 Å². The van der Waals surface area contributed by atoms with Gasteiger partial charge >= 0.3 is 0 Å². The topological polar surface area (TPSA) is 0 Å². The zero-order valence-electron chi connectivity index (χ0n) is 17.3. The van der Waals surface area contributed by atoms with E-state index in [9.17, 15) is 0 Å². The molecule has 0 nitrogen and oxygen atoms in total. The molecule has 140 valence electrons. The summed E-state index contributed by atoms with van der Waals surface area (Å²) >= 11 is 0. The second kappa shape index (κ2) is 12.8. The van der Waals surface area contributed by atoms with E-state index in [-0.39, 0.29) is 0 Å². The normalized spacial score (nSPS) is 18.5. The predicted molar refractivity (Wildman–Crippen MR) is 110 cm³/mol. The summed E-state index contributed by atoms with van der Waals surface area (Å²) in [4.78, 5) is 0. The lowest BCUT2D eigenvalue weighted by atomic mass is 9.79. The van der Waals surface area contributed by atoms with Crippen LogP contribution in [0.4, 0.5) is 0 Å². The Kier molecular flexibility index (Phi) is 11.5. The van der Waals surface area contributed by atoms with Crippen LogP contribution in [0.2, 0.25) is 0 Å². The van der Waals surface area contributed by atoms with Crippen molar-refractivity contribution in [3.63, 3.8) is 0 Å². The SMILES string of the molecule is C=C(C)C1CCC(C)=C(CCCCCCCCCCCC(C)C)C1. The fourth-order valence-electron chi connectivity index (χ4n) is 4.01. The van der Waals surface area contributed by atoms with Gasteiger partial charge in [-0.1, -0.05) is 94.9 Å². The number of unbranched alkanes of at least 4 members (excludes halogenated alkanes) is 8. The molecule has 1 aliphatic carbocycles. The van der Waals surface area contributed by atoms with Crippen molar-refractivity contribution in [3.8, 4) is 0 Å². The van der Waals surface area contributed by atoms with Gasteiger partial charge in [0.05, 0.1) is 0 Å². The van der Waals surface area contributed by atoms with E-state index >= 15 is 0 Å². The van der Waals surface area contributed by atoms with Gasteiger partial charge in [0.2, 0.25) is 0 Å². The van der Waals surface area contributed by atoms with Crippen LogP contribution >= 0.6 is 0 Å². The van der Waals surface area contributed by atoms with Gasteiger partial charge in [-0.3, -0.25) is 0 Å². The quantitative estimate of drug-likeness (QED) is 0.234. The van der Waals surface area contributed by atoms with Crippen molar-refractivity contribution in [2.45, 2.75) is 118 Å². The molecule has 1 unspecified atom stereocenters. The van der Waals surface area contributed by atoms with Gasteiger partial charge < -0.3 is 0 Å². The maximum Gasteiger partial charge on any atom is -0.0168 e. The third kappa shape index (κ3) is 9.70. The summed E-state index contributed by atoms with van der Waals surface area (Å²) in [6.45, 7) is 13.4. The standard InChI is InChI=1S/C24H44/c1-20(2)15-13-11-9-7-6-8-10-12-14-16-24-19-23(21(3)4)18-17-22(24)5/h20,23H,3,6-19H2,1-2,4-5H3. The van der Waals surface area contributed by atoms with Crippen molar-refractivity contribution in [2.24, 2.45) is 11.8 Å². The smallest absolute Gasteiger partial charge is 0.0168 e. The molecule has 0 aromatic heterocycles. The molecular weight excluding hydrogens is 288 g/mol. The third-order valence-corrected chi connectivity index (χ3v) is 5.92. The van der Waals surface area contributed by atoms with E-state index in [1.165, 1.54) is 95.5 Å². The Labute approximate surface area is 153 Å². The second-order valence-electron chi connectivity index (χ2n) is 8.78. The number of hydrogen-bond acceptors (Lipinski definition) is 0. The largest absolute Gasteiger partial charge is 0.0998 e. The molecule has 0 radical (unpaired) electrons. The third-order valence-electron chi connectivity index (χ3n) is 5.92. The molecule has 0 heteroatoms. The van der Waals surface area contributed by atoms with Crippen molar-refractivity contribution in [2.75, 3.05) is 0 Å². The molecule has 0 amide bonds. The van der Waals surface area contributed by atoms with E-state index in [2.05, 4.69) is 34.3 Å². The lowest BCUT2D eigenvalue weighted by Gasteiger charge is -2.26. The van der Waals surface area contributed by atoms with Gasteiger partial charge in [-0.15, -0.1) is 0 Å². The minimum Gasteiger partial charge on any atom is -0.0998 e. The van der Waals surface area contributed by atoms with E-state index in [1.54, 1.807) is 11.1 Å². The molecule has 0 aliphatic heterocycles. The Morgan fingerprint density at radius 3 is 2.04 bits per heavy atom. The first-order valence-electron chi connectivity index (χ1n) is 10.8. The van der Waals surface area contributed by atoms with Crippen LogP contribution in [0.15, 0.2) is 23.3 Å². The molecule has 1 atom stereocenters. The van der Waals surface area contributed by atoms with Crippen molar-refractivity contribution >= 4 is 0 Å². The van der Waals surface area contributed by atoms with Crippen LogP contribution in [0.5, 0.6) is 0 Å². The first kappa shape index (κ1) is 21.5. The Morgan fingerprint density at radius 2 is 1.50 bits per heavy atom. The Morgan fingerprint density at radius 1 is 0.958 bits per heavy atom. The fourth-order valence-corrected chi connectivity index (χ4v) is 4.01. The molecular formula is C24H44. The summed E-state index contributed by atoms with van der Waals surface area (Å²) in [7, 11) is 0. The van der Waals surface area contributed by atoms with Crippen LogP contribution in [0.1, 0.15) is 118 Å². The van der Waals surface area contributed by atoms with Gasteiger partial charge in [0.1, 0.15) is 0 Å². The molecule has 0 bridgehead atoms. The highest BCUT2D eigenvalue weighted by Crippen LogP contribution is 2.35. The Balaban J connectivity index is 1.97. The molecule has 0 aromatic rings. The van der Waals surface area contributed by atoms with Crippen LogP contribution < -0.4 is 0 Å². The summed E-state index contributed by atoms with van der Waals surface area (Å²) in [5.74, 6) is 1.65. The van der Waals surface area contributed by atoms with E-state index in [4.69, 9.17) is 0 Å². The number of rotatable bonds is 13. The summed E-state index contributed by atoms with van der Waals surface area (Å²) in [6, 6.07) is 0. The van der Waals surface area contributed by atoms with Gasteiger partial charge in [0, 0.05) is 0 Å². The molecule has 0 N–H and O–H groups in total. The molecule has 24 heavy (non-hydrogen) atoms. The lowest BCUT2D eigenvalue weighted by molar-refractivity contribution is 0.494. The highest BCUT2D eigenvalue weighted by Gasteiger charge is 2.18. The van der Waals surface area contributed by atoms with Crippen LogP contribution in [-0.2, 0) is 0 Å². The molecule has 0 aromatic carbocycles. The maximum atomic E-state index is 4.18. The summed E-state index contributed by atoms with van der Waals surface area (Å²) in [5, 5.41) is 0. The summed E-state index contributed by atoms with van der Waals surface area (Å²) in [5.41, 5.74) is 4.85. The fraction of sp³-hybridized carbons (Fsp3) is 0.833. The summed E-state index contributed by atoms with van der Waals surface area (Å²) < 4.78 is 0. The van der Waals surface area contributed by atoms with E-state index in [0.29, 0.717) is 0 Å². The number of hydrogen-bond donors (Lipinski definition) is 0. The van der Waals surface area contributed by atoms with Crippen LogP contribution in [0, 0.1) is 11.8 Å². The van der Waals surface area contributed by atoms with Gasteiger partial charge in [-0.2, -0.15) is 0 Å². The first-order chi connectivity index (χ1) is 11.5. The molecule has 0 heterocycles. The van der Waals surface area contributed by atoms with E-state index in [1.807, 2.05) is 0 Å². The Bertz CT molecular complexity index is 371. The van der Waals surface area contributed by atoms with Gasteiger partial charge in [0.15, 0.2) is 0 Å². The zero-order valence-corrected chi connectivity index (χ0v) is 17.3. The second-order valence-corrected chi connectivity index (χ2v) is 8.78. The average molecular weight is 333 g/mol. The van der Waals surface area contributed by atoms with Crippen molar-refractivity contribution in [1.82, 2.24) is 0 Å². The molecule has 0 spiro atoms. The number of allylic oxidation sites excluding steroid dienone is 3. The first-order valence-corrected chi connectivity index (χ1v) is 10.8. The monoisotopic (exact) mass is 332 g/mol. The highest BCUT2D eigenvalue weighted by molar-refractivity contribution is 5.19. The van der Waals surface area contributed by atoms with Gasteiger partial charge in [0.25, 0.3) is 0 Å². The molecule has 1 aliphatic rings. The minimum atomic E-state index is 0.763.